The Labute approximate surface area is 177 Å². The fourth-order valence-electron chi connectivity index (χ4n) is 3.13. The van der Waals surface area contributed by atoms with Gasteiger partial charge in [-0.05, 0) is 31.0 Å². The summed E-state index contributed by atoms with van der Waals surface area (Å²) >= 11 is 0.991. The minimum atomic E-state index is -1.04. The number of nitrogens with zero attached hydrogens (tertiary/aromatic N) is 1. The Kier molecular flexibility index (Phi) is 6.21. The molecule has 3 rings (SSSR count). The summed E-state index contributed by atoms with van der Waals surface area (Å²) in [7, 11) is 3.20. The third-order valence-corrected chi connectivity index (χ3v) is 5.84. The number of carbonyl (C=O) groups excluding carboxylic acids is 4. The summed E-state index contributed by atoms with van der Waals surface area (Å²) in [4.78, 5) is 51.7. The highest BCUT2D eigenvalue weighted by atomic mass is 32.1. The number of nitrogens with one attached hydrogen (secondary N) is 1. The highest BCUT2D eigenvalue weighted by Crippen LogP contribution is 2.35. The number of amides is 2. The summed E-state index contributed by atoms with van der Waals surface area (Å²) in [5, 5.41) is 2.85. The van der Waals surface area contributed by atoms with E-state index in [9.17, 15) is 19.2 Å². The largest absolute Gasteiger partial charge is 0.462 e. The lowest BCUT2D eigenvalue weighted by atomic mass is 9.98. The summed E-state index contributed by atoms with van der Waals surface area (Å²) in [5.74, 6) is -2.08. The first-order valence-electron chi connectivity index (χ1n) is 9.36. The molecule has 0 spiro atoms. The van der Waals surface area contributed by atoms with Crippen LogP contribution < -0.4 is 5.32 Å². The molecule has 1 N–H and O–H groups in total. The van der Waals surface area contributed by atoms with Crippen LogP contribution in [0.2, 0.25) is 0 Å². The highest BCUT2D eigenvalue weighted by molar-refractivity contribution is 7.18. The molecular formula is C21H22N2O6S. The van der Waals surface area contributed by atoms with Crippen molar-refractivity contribution in [3.8, 4) is 0 Å². The van der Waals surface area contributed by atoms with Gasteiger partial charge in [0.05, 0.1) is 22.6 Å². The second kappa shape index (κ2) is 8.66. The number of esters is 2. The van der Waals surface area contributed by atoms with Crippen molar-refractivity contribution in [2.45, 2.75) is 26.4 Å². The molecule has 0 radical (unpaired) electrons. The highest BCUT2D eigenvalue weighted by Gasteiger charge is 2.33. The minimum Gasteiger partial charge on any atom is -0.462 e. The Morgan fingerprint density at radius 2 is 1.97 bits per heavy atom. The van der Waals surface area contributed by atoms with E-state index in [2.05, 4.69) is 5.32 Å². The van der Waals surface area contributed by atoms with Crippen LogP contribution in [0.25, 0.3) is 0 Å². The van der Waals surface area contributed by atoms with Crippen molar-refractivity contribution in [3.05, 3.63) is 51.4 Å². The van der Waals surface area contributed by atoms with Crippen molar-refractivity contribution >= 4 is 40.1 Å². The number of thiophene rings is 1. The molecule has 2 amide bonds. The predicted octanol–water partition coefficient (Wildman–Crippen LogP) is 2.66. The van der Waals surface area contributed by atoms with Crippen LogP contribution in [-0.2, 0) is 20.7 Å². The zero-order valence-electron chi connectivity index (χ0n) is 17.1. The van der Waals surface area contributed by atoms with Gasteiger partial charge in [0.25, 0.3) is 11.8 Å². The summed E-state index contributed by atoms with van der Waals surface area (Å²) < 4.78 is 10.4. The first kappa shape index (κ1) is 21.5. The van der Waals surface area contributed by atoms with Gasteiger partial charge in [-0.2, -0.15) is 0 Å². The summed E-state index contributed by atoms with van der Waals surface area (Å²) in [6.07, 6.45) is -0.825. The number of rotatable bonds is 5. The van der Waals surface area contributed by atoms with Crippen LogP contribution in [0, 0.1) is 6.92 Å². The molecule has 1 aliphatic heterocycles. The van der Waals surface area contributed by atoms with Crippen molar-refractivity contribution in [2.75, 3.05) is 26.0 Å². The molecule has 30 heavy (non-hydrogen) atoms. The SMILES string of the molecule is CCOC(=O)c1c(NC(=O)[C@@H]2Cc3ccccc3C(=O)O2)sc(C(=O)N(C)C)c1C. The number of fused-ring (bicyclic) bond motifs is 1. The Hall–Kier alpha value is -3.20. The predicted molar refractivity (Wildman–Crippen MR) is 111 cm³/mol. The third kappa shape index (κ3) is 4.06. The fourth-order valence-corrected chi connectivity index (χ4v) is 4.35. The van der Waals surface area contributed by atoms with Gasteiger partial charge in [-0.3, -0.25) is 9.59 Å². The molecule has 0 saturated heterocycles. The average molecular weight is 430 g/mol. The molecule has 2 aromatic rings. The standard InChI is InChI=1S/C21H22N2O6S/c1-5-28-21(27)15-11(2)16(19(25)23(3)4)30-18(15)22-17(24)14-10-12-8-6-7-9-13(12)20(26)29-14/h6-9,14H,5,10H2,1-4H3,(H,22,24)/t14-/m0/s1. The molecule has 1 aliphatic rings. The molecule has 1 atom stereocenters. The normalized spacial score (nSPS) is 15.1. The van der Waals surface area contributed by atoms with Crippen molar-refractivity contribution < 1.29 is 28.7 Å². The van der Waals surface area contributed by atoms with E-state index in [1.165, 1.54) is 4.90 Å². The van der Waals surface area contributed by atoms with E-state index in [0.717, 1.165) is 11.3 Å². The Morgan fingerprint density at radius 1 is 1.27 bits per heavy atom. The lowest BCUT2D eigenvalue weighted by Crippen LogP contribution is -2.38. The Balaban J connectivity index is 1.91. The van der Waals surface area contributed by atoms with E-state index in [1.807, 2.05) is 0 Å². The second-order valence-electron chi connectivity index (χ2n) is 6.92. The second-order valence-corrected chi connectivity index (χ2v) is 7.95. The number of benzene rings is 1. The minimum absolute atomic E-state index is 0.128. The van der Waals surface area contributed by atoms with Crippen LogP contribution in [0.1, 0.15) is 48.4 Å². The van der Waals surface area contributed by atoms with Gasteiger partial charge in [-0.15, -0.1) is 11.3 Å². The van der Waals surface area contributed by atoms with Gasteiger partial charge >= 0.3 is 11.9 Å². The monoisotopic (exact) mass is 430 g/mol. The summed E-state index contributed by atoms with van der Waals surface area (Å²) in [6, 6.07) is 6.92. The van der Waals surface area contributed by atoms with Crippen molar-refractivity contribution in [1.82, 2.24) is 4.90 Å². The van der Waals surface area contributed by atoms with E-state index in [1.54, 1.807) is 52.2 Å². The first-order chi connectivity index (χ1) is 14.2. The van der Waals surface area contributed by atoms with Gasteiger partial charge in [0.2, 0.25) is 0 Å². The number of cyclic esters (lactones) is 1. The summed E-state index contributed by atoms with van der Waals surface area (Å²) in [5.41, 5.74) is 1.70. The van der Waals surface area contributed by atoms with Crippen LogP contribution in [0.4, 0.5) is 5.00 Å². The van der Waals surface area contributed by atoms with E-state index in [4.69, 9.17) is 9.47 Å². The number of hydrogen-bond acceptors (Lipinski definition) is 7. The molecule has 1 aromatic carbocycles. The molecule has 0 aliphatic carbocycles. The molecule has 9 heteroatoms. The molecular weight excluding hydrogens is 408 g/mol. The molecule has 0 fully saturated rings. The Morgan fingerprint density at radius 3 is 2.63 bits per heavy atom. The van der Waals surface area contributed by atoms with Gasteiger partial charge in [0, 0.05) is 20.5 Å². The maximum Gasteiger partial charge on any atom is 0.341 e. The average Bonchev–Trinajstić information content (AvgIpc) is 3.03. The summed E-state index contributed by atoms with van der Waals surface area (Å²) in [6.45, 7) is 3.45. The smallest absolute Gasteiger partial charge is 0.341 e. The van der Waals surface area contributed by atoms with Crippen LogP contribution in [0.15, 0.2) is 24.3 Å². The van der Waals surface area contributed by atoms with Crippen LogP contribution in [0.5, 0.6) is 0 Å². The molecule has 158 valence electrons. The zero-order chi connectivity index (χ0) is 22.0. The van der Waals surface area contributed by atoms with Gasteiger partial charge in [-0.25, -0.2) is 9.59 Å². The quantitative estimate of drug-likeness (QED) is 0.732. The lowest BCUT2D eigenvalue weighted by Gasteiger charge is -2.23. The molecule has 0 unspecified atom stereocenters. The van der Waals surface area contributed by atoms with Crippen LogP contribution in [0.3, 0.4) is 0 Å². The van der Waals surface area contributed by atoms with E-state index in [0.29, 0.717) is 21.6 Å². The van der Waals surface area contributed by atoms with E-state index < -0.39 is 23.9 Å². The number of hydrogen-bond donors (Lipinski definition) is 1. The molecule has 2 heterocycles. The molecule has 8 nitrogen and oxygen atoms in total. The topological polar surface area (TPSA) is 102 Å². The molecule has 1 aromatic heterocycles. The van der Waals surface area contributed by atoms with Crippen molar-refractivity contribution in [1.29, 1.82) is 0 Å². The van der Waals surface area contributed by atoms with Gasteiger partial charge in [0.15, 0.2) is 6.10 Å². The first-order valence-corrected chi connectivity index (χ1v) is 10.2. The molecule has 0 bridgehead atoms. The van der Waals surface area contributed by atoms with E-state index in [-0.39, 0.29) is 29.5 Å². The van der Waals surface area contributed by atoms with E-state index >= 15 is 0 Å². The number of anilines is 1. The van der Waals surface area contributed by atoms with Crippen LogP contribution >= 0.6 is 11.3 Å². The maximum absolute atomic E-state index is 12.9. The van der Waals surface area contributed by atoms with Crippen molar-refractivity contribution in [2.24, 2.45) is 0 Å². The van der Waals surface area contributed by atoms with Gasteiger partial charge in [-0.1, -0.05) is 18.2 Å². The Bertz CT molecular complexity index is 1030. The maximum atomic E-state index is 12.9. The zero-order valence-corrected chi connectivity index (χ0v) is 17.9. The molecule has 0 saturated carbocycles. The number of ether oxygens (including phenoxy) is 2. The van der Waals surface area contributed by atoms with Crippen molar-refractivity contribution in [3.63, 3.8) is 0 Å². The third-order valence-electron chi connectivity index (χ3n) is 4.65. The van der Waals surface area contributed by atoms with Gasteiger partial charge < -0.3 is 19.7 Å². The fraction of sp³-hybridized carbons (Fsp3) is 0.333. The van der Waals surface area contributed by atoms with Gasteiger partial charge in [0.1, 0.15) is 5.00 Å². The lowest BCUT2D eigenvalue weighted by molar-refractivity contribution is -0.125. The number of carbonyl (C=O) groups is 4. The van der Waals surface area contributed by atoms with Crippen LogP contribution in [-0.4, -0.2) is 55.5 Å².